The molecule has 80 valence electrons. The molecule has 2 heterocycles. The number of likely N-dealkylation sites (N-methyl/N-ethyl adjacent to an activating group) is 1. The van der Waals surface area contributed by atoms with Gasteiger partial charge >= 0.3 is 0 Å². The molecule has 14 heavy (non-hydrogen) atoms. The summed E-state index contributed by atoms with van der Waals surface area (Å²) in [6, 6.07) is 0.110. The van der Waals surface area contributed by atoms with Crippen molar-refractivity contribution in [3.8, 4) is 0 Å². The maximum absolute atomic E-state index is 12.0. The summed E-state index contributed by atoms with van der Waals surface area (Å²) in [7, 11) is 2.11. The van der Waals surface area contributed by atoms with E-state index in [-0.39, 0.29) is 6.04 Å². The van der Waals surface area contributed by atoms with Crippen molar-refractivity contribution in [3.63, 3.8) is 0 Å². The second-order valence-corrected chi connectivity index (χ2v) is 4.28. The average Bonchev–Trinajstić information content (AvgIpc) is 2.71. The third-order valence-corrected chi connectivity index (χ3v) is 3.17. The SMILES string of the molecule is CN1CCN(C(=O)[C@H]2CCCN2)CC1. The summed E-state index contributed by atoms with van der Waals surface area (Å²) < 4.78 is 0. The highest BCUT2D eigenvalue weighted by molar-refractivity contribution is 5.82. The van der Waals surface area contributed by atoms with Crippen molar-refractivity contribution < 1.29 is 4.79 Å². The second-order valence-electron chi connectivity index (χ2n) is 4.28. The van der Waals surface area contributed by atoms with Crippen molar-refractivity contribution in [3.05, 3.63) is 0 Å². The van der Waals surface area contributed by atoms with Crippen LogP contribution >= 0.6 is 0 Å². The molecular weight excluding hydrogens is 178 g/mol. The van der Waals surface area contributed by atoms with E-state index in [0.29, 0.717) is 5.91 Å². The topological polar surface area (TPSA) is 35.6 Å². The molecule has 0 unspecified atom stereocenters. The number of rotatable bonds is 1. The van der Waals surface area contributed by atoms with Crippen molar-refractivity contribution >= 4 is 5.91 Å². The Bertz CT molecular complexity index is 205. The van der Waals surface area contributed by atoms with Gasteiger partial charge in [-0.15, -0.1) is 0 Å². The Hall–Kier alpha value is -0.610. The van der Waals surface area contributed by atoms with Crippen LogP contribution in [0.3, 0.4) is 0 Å². The molecule has 2 aliphatic rings. The Balaban J connectivity index is 1.85. The molecule has 2 fully saturated rings. The zero-order chi connectivity index (χ0) is 9.97. The second kappa shape index (κ2) is 4.28. The van der Waals surface area contributed by atoms with Gasteiger partial charge in [-0.05, 0) is 26.4 Å². The molecule has 0 radical (unpaired) electrons. The number of hydrogen-bond donors (Lipinski definition) is 1. The van der Waals surface area contributed by atoms with E-state index in [0.717, 1.165) is 45.6 Å². The van der Waals surface area contributed by atoms with E-state index in [9.17, 15) is 4.79 Å². The van der Waals surface area contributed by atoms with Gasteiger partial charge in [0.1, 0.15) is 0 Å². The summed E-state index contributed by atoms with van der Waals surface area (Å²) in [5, 5.41) is 3.26. The van der Waals surface area contributed by atoms with E-state index in [1.165, 1.54) is 0 Å². The minimum atomic E-state index is 0.110. The molecule has 0 aromatic carbocycles. The van der Waals surface area contributed by atoms with Gasteiger partial charge in [-0.2, -0.15) is 0 Å². The minimum Gasteiger partial charge on any atom is -0.339 e. The van der Waals surface area contributed by atoms with Gasteiger partial charge in [0.05, 0.1) is 6.04 Å². The Morgan fingerprint density at radius 3 is 2.57 bits per heavy atom. The Kier molecular flexibility index (Phi) is 3.03. The number of amides is 1. The van der Waals surface area contributed by atoms with E-state index in [1.54, 1.807) is 0 Å². The van der Waals surface area contributed by atoms with Gasteiger partial charge in [0.2, 0.25) is 5.91 Å². The molecule has 2 rings (SSSR count). The van der Waals surface area contributed by atoms with Crippen LogP contribution in [0.1, 0.15) is 12.8 Å². The third kappa shape index (κ3) is 2.07. The molecule has 0 saturated carbocycles. The molecule has 1 amide bonds. The van der Waals surface area contributed by atoms with Crippen LogP contribution in [0.4, 0.5) is 0 Å². The first-order chi connectivity index (χ1) is 6.77. The maximum atomic E-state index is 12.0. The Morgan fingerprint density at radius 1 is 1.29 bits per heavy atom. The van der Waals surface area contributed by atoms with Gasteiger partial charge in [-0.1, -0.05) is 0 Å². The molecule has 0 aliphatic carbocycles. The summed E-state index contributed by atoms with van der Waals surface area (Å²) in [6.07, 6.45) is 2.16. The molecule has 2 aliphatic heterocycles. The third-order valence-electron chi connectivity index (χ3n) is 3.17. The molecule has 0 aromatic rings. The van der Waals surface area contributed by atoms with E-state index in [1.807, 2.05) is 4.90 Å². The maximum Gasteiger partial charge on any atom is 0.239 e. The molecule has 0 bridgehead atoms. The Morgan fingerprint density at radius 2 is 2.00 bits per heavy atom. The normalized spacial score (nSPS) is 29.5. The van der Waals surface area contributed by atoms with E-state index in [2.05, 4.69) is 17.3 Å². The van der Waals surface area contributed by atoms with Crippen LogP contribution in [0.5, 0.6) is 0 Å². The predicted molar refractivity (Wildman–Crippen MR) is 55.1 cm³/mol. The van der Waals surface area contributed by atoms with Crippen molar-refractivity contribution in [1.29, 1.82) is 0 Å². The molecule has 4 nitrogen and oxygen atoms in total. The molecular formula is C10H19N3O. The van der Waals surface area contributed by atoms with Crippen molar-refractivity contribution in [2.75, 3.05) is 39.8 Å². The number of nitrogens with one attached hydrogen (secondary N) is 1. The van der Waals surface area contributed by atoms with Crippen LogP contribution in [0.2, 0.25) is 0 Å². The van der Waals surface area contributed by atoms with Crippen LogP contribution in [0.25, 0.3) is 0 Å². The van der Waals surface area contributed by atoms with Crippen molar-refractivity contribution in [2.24, 2.45) is 0 Å². The molecule has 2 saturated heterocycles. The van der Waals surface area contributed by atoms with Crippen LogP contribution in [0.15, 0.2) is 0 Å². The lowest BCUT2D eigenvalue weighted by Gasteiger charge is -2.33. The first kappa shape index (κ1) is 9.93. The van der Waals surface area contributed by atoms with Gasteiger partial charge in [0.25, 0.3) is 0 Å². The summed E-state index contributed by atoms with van der Waals surface area (Å²) in [5.74, 6) is 0.315. The number of piperazine rings is 1. The van der Waals surface area contributed by atoms with E-state index >= 15 is 0 Å². The molecule has 4 heteroatoms. The van der Waals surface area contributed by atoms with Gasteiger partial charge in [0.15, 0.2) is 0 Å². The molecule has 0 aromatic heterocycles. The standard InChI is InChI=1S/C10H19N3O/c1-12-5-7-13(8-6-12)10(14)9-3-2-4-11-9/h9,11H,2-8H2,1H3/t9-/m1/s1. The fraction of sp³-hybridized carbons (Fsp3) is 0.900. The summed E-state index contributed by atoms with van der Waals surface area (Å²) in [4.78, 5) is 16.2. The lowest BCUT2D eigenvalue weighted by molar-refractivity contribution is -0.134. The molecule has 0 spiro atoms. The molecule has 1 N–H and O–H groups in total. The highest BCUT2D eigenvalue weighted by Gasteiger charge is 2.28. The van der Waals surface area contributed by atoms with Crippen molar-refractivity contribution in [1.82, 2.24) is 15.1 Å². The van der Waals surface area contributed by atoms with Crippen LogP contribution in [-0.2, 0) is 4.79 Å². The quantitative estimate of drug-likeness (QED) is 0.616. The first-order valence-corrected chi connectivity index (χ1v) is 5.48. The monoisotopic (exact) mass is 197 g/mol. The lowest BCUT2D eigenvalue weighted by atomic mass is 10.2. The number of hydrogen-bond acceptors (Lipinski definition) is 3. The van der Waals surface area contributed by atoms with Gasteiger partial charge in [-0.25, -0.2) is 0 Å². The summed E-state index contributed by atoms with van der Waals surface area (Å²) in [5.41, 5.74) is 0. The van der Waals surface area contributed by atoms with E-state index in [4.69, 9.17) is 0 Å². The molecule has 1 atom stereocenters. The number of nitrogens with zero attached hydrogens (tertiary/aromatic N) is 2. The number of carbonyl (C=O) groups is 1. The fourth-order valence-electron chi connectivity index (χ4n) is 2.14. The van der Waals surface area contributed by atoms with Gasteiger partial charge < -0.3 is 15.1 Å². The van der Waals surface area contributed by atoms with Crippen molar-refractivity contribution in [2.45, 2.75) is 18.9 Å². The smallest absolute Gasteiger partial charge is 0.239 e. The fourth-order valence-corrected chi connectivity index (χ4v) is 2.14. The summed E-state index contributed by atoms with van der Waals surface area (Å²) >= 11 is 0. The Labute approximate surface area is 85.2 Å². The van der Waals surface area contributed by atoms with Crippen LogP contribution in [0, 0.1) is 0 Å². The predicted octanol–water partition coefficient (Wildman–Crippen LogP) is -0.488. The first-order valence-electron chi connectivity index (χ1n) is 5.48. The van der Waals surface area contributed by atoms with Gasteiger partial charge in [-0.3, -0.25) is 4.79 Å². The zero-order valence-electron chi connectivity index (χ0n) is 8.83. The zero-order valence-corrected chi connectivity index (χ0v) is 8.83. The lowest BCUT2D eigenvalue weighted by Crippen LogP contribution is -2.52. The van der Waals surface area contributed by atoms with Crippen LogP contribution < -0.4 is 5.32 Å². The highest BCUT2D eigenvalue weighted by atomic mass is 16.2. The minimum absolute atomic E-state index is 0.110. The highest BCUT2D eigenvalue weighted by Crippen LogP contribution is 2.10. The van der Waals surface area contributed by atoms with Crippen LogP contribution in [-0.4, -0.2) is 61.5 Å². The summed E-state index contributed by atoms with van der Waals surface area (Å²) in [6.45, 7) is 4.82. The average molecular weight is 197 g/mol. The largest absolute Gasteiger partial charge is 0.339 e. The van der Waals surface area contributed by atoms with Gasteiger partial charge in [0, 0.05) is 26.2 Å². The number of carbonyl (C=O) groups excluding carboxylic acids is 1. The van der Waals surface area contributed by atoms with E-state index < -0.39 is 0 Å².